The molecule has 1 aromatic heterocycles. The lowest BCUT2D eigenvalue weighted by Gasteiger charge is -2.20. The highest BCUT2D eigenvalue weighted by atomic mass is 16.3. The van der Waals surface area contributed by atoms with Gasteiger partial charge < -0.3 is 10.2 Å². The molecule has 2 aromatic rings. The van der Waals surface area contributed by atoms with Crippen molar-refractivity contribution in [3.63, 3.8) is 0 Å². The van der Waals surface area contributed by atoms with Gasteiger partial charge in [-0.2, -0.15) is 0 Å². The maximum Gasteiger partial charge on any atom is 0.117 e. The zero-order chi connectivity index (χ0) is 13.5. The minimum absolute atomic E-state index is 0.195. The van der Waals surface area contributed by atoms with Crippen LogP contribution in [0.5, 0.6) is 0 Å². The van der Waals surface area contributed by atoms with Gasteiger partial charge >= 0.3 is 0 Å². The second-order valence-corrected chi connectivity index (χ2v) is 5.06. The molecule has 0 saturated carbocycles. The van der Waals surface area contributed by atoms with E-state index in [4.69, 9.17) is 10.2 Å². The predicted octanol–water partition coefficient (Wildman–Crippen LogP) is 2.67. The number of likely N-dealkylation sites (N-methyl/N-ethyl adjacent to an activating group) is 1. The van der Waals surface area contributed by atoms with Gasteiger partial charge in [0.2, 0.25) is 0 Å². The Balaban J connectivity index is 1.70. The van der Waals surface area contributed by atoms with E-state index in [9.17, 15) is 0 Å². The first-order valence-electron chi connectivity index (χ1n) is 6.74. The molecule has 19 heavy (non-hydrogen) atoms. The van der Waals surface area contributed by atoms with E-state index in [-0.39, 0.29) is 6.04 Å². The maximum atomic E-state index is 6.18. The summed E-state index contributed by atoms with van der Waals surface area (Å²) in [4.78, 5) is 2.20. The Bertz CT molecular complexity index is 453. The third-order valence-corrected chi connectivity index (χ3v) is 3.20. The van der Waals surface area contributed by atoms with Crippen molar-refractivity contribution in [1.29, 1.82) is 0 Å². The van der Waals surface area contributed by atoms with E-state index in [1.54, 1.807) is 6.26 Å². The molecule has 3 nitrogen and oxygen atoms in total. The monoisotopic (exact) mass is 258 g/mol. The number of benzene rings is 1. The molecular weight excluding hydrogens is 236 g/mol. The Kier molecular flexibility index (Phi) is 5.19. The van der Waals surface area contributed by atoms with Gasteiger partial charge in [-0.05, 0) is 37.6 Å². The first-order valence-corrected chi connectivity index (χ1v) is 6.74. The molecule has 0 radical (unpaired) electrons. The normalized spacial score (nSPS) is 12.8. The summed E-state index contributed by atoms with van der Waals surface area (Å²) >= 11 is 0. The molecule has 2 rings (SSSR count). The first-order chi connectivity index (χ1) is 9.24. The Morgan fingerprint density at radius 1 is 1.16 bits per heavy atom. The summed E-state index contributed by atoms with van der Waals surface area (Å²) in [6, 6.07) is 14.6. The van der Waals surface area contributed by atoms with Gasteiger partial charge in [-0.15, -0.1) is 0 Å². The van der Waals surface area contributed by atoms with Gasteiger partial charge in [0, 0.05) is 12.6 Å². The van der Waals surface area contributed by atoms with Gasteiger partial charge in [-0.1, -0.05) is 30.3 Å². The molecule has 3 heteroatoms. The molecule has 1 aromatic carbocycles. The molecule has 0 aliphatic rings. The zero-order valence-electron chi connectivity index (χ0n) is 11.5. The van der Waals surface area contributed by atoms with Crippen molar-refractivity contribution in [2.45, 2.75) is 25.4 Å². The zero-order valence-corrected chi connectivity index (χ0v) is 11.5. The molecule has 2 N–H and O–H groups in total. The summed E-state index contributed by atoms with van der Waals surface area (Å²) in [5, 5.41) is 0. The molecule has 0 saturated heterocycles. The molecule has 0 aliphatic carbocycles. The molecule has 0 fully saturated rings. The highest BCUT2D eigenvalue weighted by Crippen LogP contribution is 2.07. The molecule has 0 spiro atoms. The molecule has 1 unspecified atom stereocenters. The first kappa shape index (κ1) is 13.8. The fraction of sp³-hybridized carbons (Fsp3) is 0.375. The summed E-state index contributed by atoms with van der Waals surface area (Å²) in [6.07, 6.45) is 3.75. The number of nitrogens with two attached hydrogens (primary N) is 1. The van der Waals surface area contributed by atoms with Crippen molar-refractivity contribution >= 4 is 0 Å². The lowest BCUT2D eigenvalue weighted by molar-refractivity contribution is 0.273. The summed E-state index contributed by atoms with van der Waals surface area (Å²) in [7, 11) is 2.07. The number of furan rings is 1. The van der Waals surface area contributed by atoms with Gasteiger partial charge in [0.25, 0.3) is 0 Å². The SMILES string of the molecule is CN(Cc1ccco1)CC(N)CCc1ccccc1. The molecule has 1 heterocycles. The van der Waals surface area contributed by atoms with Crippen LogP contribution < -0.4 is 5.73 Å². The standard InChI is InChI=1S/C16H22N2O/c1-18(13-16-8-5-11-19-16)12-15(17)10-9-14-6-3-2-4-7-14/h2-8,11,15H,9-10,12-13,17H2,1H3. The molecule has 102 valence electrons. The van der Waals surface area contributed by atoms with Crippen LogP contribution in [0.1, 0.15) is 17.7 Å². The van der Waals surface area contributed by atoms with Crippen LogP contribution in [0.3, 0.4) is 0 Å². The van der Waals surface area contributed by atoms with E-state index in [0.717, 1.165) is 31.7 Å². The largest absolute Gasteiger partial charge is 0.468 e. The molecule has 0 bridgehead atoms. The molecule has 0 aliphatic heterocycles. The summed E-state index contributed by atoms with van der Waals surface area (Å²) in [6.45, 7) is 1.69. The van der Waals surface area contributed by atoms with Gasteiger partial charge in [0.05, 0.1) is 12.8 Å². The van der Waals surface area contributed by atoms with Crippen LogP contribution in [0.4, 0.5) is 0 Å². The highest BCUT2D eigenvalue weighted by Gasteiger charge is 2.08. The number of aryl methyl sites for hydroxylation is 1. The Morgan fingerprint density at radius 3 is 2.63 bits per heavy atom. The predicted molar refractivity (Wildman–Crippen MR) is 77.8 cm³/mol. The average molecular weight is 258 g/mol. The lowest BCUT2D eigenvalue weighted by atomic mass is 10.1. The lowest BCUT2D eigenvalue weighted by Crippen LogP contribution is -2.35. The van der Waals surface area contributed by atoms with Crippen molar-refractivity contribution < 1.29 is 4.42 Å². The van der Waals surface area contributed by atoms with Gasteiger partial charge in [0.1, 0.15) is 5.76 Å². The molecule has 1 atom stereocenters. The minimum Gasteiger partial charge on any atom is -0.468 e. The molecule has 0 amide bonds. The van der Waals surface area contributed by atoms with Crippen molar-refractivity contribution in [3.8, 4) is 0 Å². The minimum atomic E-state index is 0.195. The fourth-order valence-corrected chi connectivity index (χ4v) is 2.22. The van der Waals surface area contributed by atoms with Gasteiger partial charge in [-0.25, -0.2) is 0 Å². The number of nitrogens with zero attached hydrogens (tertiary/aromatic N) is 1. The maximum absolute atomic E-state index is 6.18. The Labute approximate surface area is 115 Å². The fourth-order valence-electron chi connectivity index (χ4n) is 2.22. The van der Waals surface area contributed by atoms with E-state index >= 15 is 0 Å². The smallest absolute Gasteiger partial charge is 0.117 e. The molecular formula is C16H22N2O. The van der Waals surface area contributed by atoms with Crippen LogP contribution in [0.2, 0.25) is 0 Å². The van der Waals surface area contributed by atoms with Crippen LogP contribution >= 0.6 is 0 Å². The van der Waals surface area contributed by atoms with Crippen molar-refractivity contribution in [1.82, 2.24) is 4.90 Å². The third-order valence-electron chi connectivity index (χ3n) is 3.20. The van der Waals surface area contributed by atoms with E-state index < -0.39 is 0 Å². The number of rotatable bonds is 7. The van der Waals surface area contributed by atoms with Crippen LogP contribution in [-0.4, -0.2) is 24.5 Å². The van der Waals surface area contributed by atoms with Crippen LogP contribution in [0, 0.1) is 0 Å². The summed E-state index contributed by atoms with van der Waals surface area (Å²) < 4.78 is 5.33. The van der Waals surface area contributed by atoms with E-state index in [0.29, 0.717) is 0 Å². The Morgan fingerprint density at radius 2 is 1.95 bits per heavy atom. The second-order valence-electron chi connectivity index (χ2n) is 5.06. The van der Waals surface area contributed by atoms with E-state index in [1.165, 1.54) is 5.56 Å². The van der Waals surface area contributed by atoms with E-state index in [1.807, 2.05) is 18.2 Å². The topological polar surface area (TPSA) is 42.4 Å². The van der Waals surface area contributed by atoms with E-state index in [2.05, 4.69) is 36.2 Å². The van der Waals surface area contributed by atoms with Crippen molar-refractivity contribution in [2.75, 3.05) is 13.6 Å². The second kappa shape index (κ2) is 7.12. The number of hydrogen-bond donors (Lipinski definition) is 1. The summed E-state index contributed by atoms with van der Waals surface area (Å²) in [5.41, 5.74) is 7.53. The third kappa shape index (κ3) is 4.89. The van der Waals surface area contributed by atoms with Crippen LogP contribution in [-0.2, 0) is 13.0 Å². The van der Waals surface area contributed by atoms with Crippen molar-refractivity contribution in [3.05, 3.63) is 60.1 Å². The Hall–Kier alpha value is -1.58. The highest BCUT2D eigenvalue weighted by molar-refractivity contribution is 5.14. The van der Waals surface area contributed by atoms with Crippen LogP contribution in [0.25, 0.3) is 0 Å². The number of hydrogen-bond acceptors (Lipinski definition) is 3. The average Bonchev–Trinajstić information content (AvgIpc) is 2.90. The summed E-state index contributed by atoms with van der Waals surface area (Å²) in [5.74, 6) is 0.984. The van der Waals surface area contributed by atoms with Crippen molar-refractivity contribution in [2.24, 2.45) is 5.73 Å². The van der Waals surface area contributed by atoms with Gasteiger partial charge in [-0.3, -0.25) is 4.90 Å². The van der Waals surface area contributed by atoms with Gasteiger partial charge in [0.15, 0.2) is 0 Å². The quantitative estimate of drug-likeness (QED) is 0.830. The van der Waals surface area contributed by atoms with Crippen LogP contribution in [0.15, 0.2) is 53.1 Å².